The van der Waals surface area contributed by atoms with Crippen LogP contribution in [0.2, 0.25) is 0 Å². The molecule has 0 bridgehead atoms. The van der Waals surface area contributed by atoms with Crippen LogP contribution in [-0.4, -0.2) is 6.04 Å². The summed E-state index contributed by atoms with van der Waals surface area (Å²) in [6.45, 7) is 1.80. The van der Waals surface area contributed by atoms with Gasteiger partial charge in [0.1, 0.15) is 5.82 Å². The standard InChI is InChI=1S/C15H20FN/c1-12-11-14(9-10-15(12)16)17-13-7-5-3-2-4-6-8-13/h5,7,9-11,13,17H,2-4,6,8H2,1H3/b7-5+. The van der Waals surface area contributed by atoms with Crippen LogP contribution in [0.1, 0.15) is 37.7 Å². The van der Waals surface area contributed by atoms with Gasteiger partial charge in [-0.05, 0) is 49.9 Å². The first-order valence-electron chi connectivity index (χ1n) is 6.45. The first kappa shape index (κ1) is 12.2. The number of benzene rings is 1. The second-order valence-corrected chi connectivity index (χ2v) is 4.78. The SMILES string of the molecule is Cc1cc(NC2/C=C/CCCCC2)ccc1F. The number of halogens is 1. The van der Waals surface area contributed by atoms with E-state index in [-0.39, 0.29) is 5.82 Å². The van der Waals surface area contributed by atoms with Crippen molar-refractivity contribution in [1.82, 2.24) is 0 Å². The Kier molecular flexibility index (Phi) is 4.18. The first-order chi connectivity index (χ1) is 8.25. The van der Waals surface area contributed by atoms with Crippen LogP contribution in [0.3, 0.4) is 0 Å². The lowest BCUT2D eigenvalue weighted by atomic mass is 10.0. The van der Waals surface area contributed by atoms with Crippen LogP contribution >= 0.6 is 0 Å². The van der Waals surface area contributed by atoms with Gasteiger partial charge in [0, 0.05) is 11.7 Å². The maximum absolute atomic E-state index is 13.2. The van der Waals surface area contributed by atoms with E-state index in [4.69, 9.17) is 0 Å². The zero-order chi connectivity index (χ0) is 12.1. The van der Waals surface area contributed by atoms with Crippen LogP contribution in [-0.2, 0) is 0 Å². The molecule has 0 radical (unpaired) electrons. The molecule has 17 heavy (non-hydrogen) atoms. The lowest BCUT2D eigenvalue weighted by Crippen LogP contribution is -2.17. The van der Waals surface area contributed by atoms with Crippen LogP contribution in [0.25, 0.3) is 0 Å². The van der Waals surface area contributed by atoms with Crippen molar-refractivity contribution in [2.45, 2.75) is 45.1 Å². The Labute approximate surface area is 103 Å². The first-order valence-corrected chi connectivity index (χ1v) is 6.45. The summed E-state index contributed by atoms with van der Waals surface area (Å²) >= 11 is 0. The molecule has 1 nitrogen and oxygen atoms in total. The van der Waals surface area contributed by atoms with E-state index in [0.717, 1.165) is 12.1 Å². The average Bonchev–Trinajstić information content (AvgIpc) is 2.27. The summed E-state index contributed by atoms with van der Waals surface area (Å²) in [5, 5.41) is 3.46. The van der Waals surface area contributed by atoms with E-state index in [0.29, 0.717) is 11.6 Å². The Balaban J connectivity index is 2.03. The second-order valence-electron chi connectivity index (χ2n) is 4.78. The number of aryl methyl sites for hydroxylation is 1. The summed E-state index contributed by atoms with van der Waals surface area (Å²) in [5.41, 5.74) is 1.71. The molecule has 1 aliphatic rings. The van der Waals surface area contributed by atoms with Gasteiger partial charge in [-0.1, -0.05) is 25.0 Å². The van der Waals surface area contributed by atoms with Gasteiger partial charge < -0.3 is 5.32 Å². The molecule has 2 rings (SSSR count). The van der Waals surface area contributed by atoms with E-state index >= 15 is 0 Å². The lowest BCUT2D eigenvalue weighted by molar-refractivity contribution is 0.608. The van der Waals surface area contributed by atoms with E-state index in [1.807, 2.05) is 12.1 Å². The highest BCUT2D eigenvalue weighted by Gasteiger charge is 2.07. The molecule has 2 heteroatoms. The minimum Gasteiger partial charge on any atom is -0.379 e. The third-order valence-corrected chi connectivity index (χ3v) is 3.26. The maximum Gasteiger partial charge on any atom is 0.126 e. The Bertz CT molecular complexity index is 398. The van der Waals surface area contributed by atoms with E-state index < -0.39 is 0 Å². The minimum atomic E-state index is -0.135. The highest BCUT2D eigenvalue weighted by Crippen LogP contribution is 2.18. The summed E-state index contributed by atoms with van der Waals surface area (Å²) in [5.74, 6) is -0.135. The molecule has 1 atom stereocenters. The molecule has 92 valence electrons. The number of rotatable bonds is 2. The molecule has 0 saturated carbocycles. The van der Waals surface area contributed by atoms with Gasteiger partial charge in [0.2, 0.25) is 0 Å². The lowest BCUT2D eigenvalue weighted by Gasteiger charge is -2.18. The highest BCUT2D eigenvalue weighted by molar-refractivity contribution is 5.47. The molecule has 0 saturated heterocycles. The number of hydrogen-bond acceptors (Lipinski definition) is 1. The van der Waals surface area contributed by atoms with Gasteiger partial charge in [-0.15, -0.1) is 0 Å². The highest BCUT2D eigenvalue weighted by atomic mass is 19.1. The number of anilines is 1. The van der Waals surface area contributed by atoms with Crippen molar-refractivity contribution < 1.29 is 4.39 Å². The molecular formula is C15H20FN. The molecule has 1 aromatic carbocycles. The summed E-state index contributed by atoms with van der Waals surface area (Å²) in [6, 6.07) is 5.61. The van der Waals surface area contributed by atoms with Crippen molar-refractivity contribution in [2.24, 2.45) is 0 Å². The Morgan fingerprint density at radius 3 is 2.94 bits per heavy atom. The van der Waals surface area contributed by atoms with E-state index in [2.05, 4.69) is 17.5 Å². The van der Waals surface area contributed by atoms with Crippen molar-refractivity contribution in [3.63, 3.8) is 0 Å². The quantitative estimate of drug-likeness (QED) is 0.745. The molecule has 0 heterocycles. The fourth-order valence-corrected chi connectivity index (χ4v) is 2.23. The zero-order valence-corrected chi connectivity index (χ0v) is 10.4. The molecule has 1 aromatic rings. The average molecular weight is 233 g/mol. The Morgan fingerprint density at radius 2 is 2.12 bits per heavy atom. The van der Waals surface area contributed by atoms with Crippen molar-refractivity contribution >= 4 is 5.69 Å². The van der Waals surface area contributed by atoms with Crippen LogP contribution in [0.5, 0.6) is 0 Å². The fraction of sp³-hybridized carbons (Fsp3) is 0.467. The molecular weight excluding hydrogens is 213 g/mol. The summed E-state index contributed by atoms with van der Waals surface area (Å²) < 4.78 is 13.2. The van der Waals surface area contributed by atoms with Crippen LogP contribution < -0.4 is 5.32 Å². The molecule has 0 aromatic heterocycles. The van der Waals surface area contributed by atoms with Gasteiger partial charge in [-0.25, -0.2) is 4.39 Å². The van der Waals surface area contributed by atoms with Gasteiger partial charge in [0.05, 0.1) is 0 Å². The predicted octanol–water partition coefficient (Wildman–Crippen LogP) is 4.43. The molecule has 0 aliphatic heterocycles. The second kappa shape index (κ2) is 5.85. The van der Waals surface area contributed by atoms with Gasteiger partial charge in [-0.2, -0.15) is 0 Å². The van der Waals surface area contributed by atoms with Crippen molar-refractivity contribution in [3.8, 4) is 0 Å². The van der Waals surface area contributed by atoms with Gasteiger partial charge in [0.25, 0.3) is 0 Å². The van der Waals surface area contributed by atoms with E-state index in [1.54, 1.807) is 6.92 Å². The third-order valence-electron chi connectivity index (χ3n) is 3.26. The molecule has 0 fully saturated rings. The summed E-state index contributed by atoms with van der Waals surface area (Å²) in [4.78, 5) is 0. The van der Waals surface area contributed by atoms with Gasteiger partial charge >= 0.3 is 0 Å². The van der Waals surface area contributed by atoms with E-state index in [1.165, 1.54) is 31.7 Å². The Hall–Kier alpha value is -1.31. The minimum absolute atomic E-state index is 0.135. The smallest absolute Gasteiger partial charge is 0.126 e. The molecule has 1 aliphatic carbocycles. The van der Waals surface area contributed by atoms with Gasteiger partial charge in [0.15, 0.2) is 0 Å². The number of allylic oxidation sites excluding steroid dienone is 1. The number of nitrogens with one attached hydrogen (secondary N) is 1. The number of hydrogen-bond donors (Lipinski definition) is 1. The fourth-order valence-electron chi connectivity index (χ4n) is 2.23. The predicted molar refractivity (Wildman–Crippen MR) is 70.8 cm³/mol. The molecule has 1 N–H and O–H groups in total. The monoisotopic (exact) mass is 233 g/mol. The van der Waals surface area contributed by atoms with Crippen molar-refractivity contribution in [3.05, 3.63) is 41.7 Å². The zero-order valence-electron chi connectivity index (χ0n) is 10.4. The summed E-state index contributed by atoms with van der Waals surface area (Å²) in [6.07, 6.45) is 10.7. The topological polar surface area (TPSA) is 12.0 Å². The molecule has 1 unspecified atom stereocenters. The van der Waals surface area contributed by atoms with Crippen molar-refractivity contribution in [2.75, 3.05) is 5.32 Å². The summed E-state index contributed by atoms with van der Waals surface area (Å²) in [7, 11) is 0. The largest absolute Gasteiger partial charge is 0.379 e. The molecule has 0 spiro atoms. The maximum atomic E-state index is 13.2. The van der Waals surface area contributed by atoms with Gasteiger partial charge in [-0.3, -0.25) is 0 Å². The van der Waals surface area contributed by atoms with Crippen LogP contribution in [0.15, 0.2) is 30.4 Å². The van der Waals surface area contributed by atoms with Crippen LogP contribution in [0, 0.1) is 12.7 Å². The normalized spacial score (nSPS) is 22.6. The third kappa shape index (κ3) is 3.58. The van der Waals surface area contributed by atoms with Crippen molar-refractivity contribution in [1.29, 1.82) is 0 Å². The molecule has 0 amide bonds. The van der Waals surface area contributed by atoms with E-state index in [9.17, 15) is 4.39 Å². The van der Waals surface area contributed by atoms with Crippen LogP contribution in [0.4, 0.5) is 10.1 Å². The Morgan fingerprint density at radius 1 is 1.24 bits per heavy atom.